The third kappa shape index (κ3) is 3.51. The first-order valence-corrected chi connectivity index (χ1v) is 6.02. The van der Waals surface area contributed by atoms with E-state index in [1.807, 2.05) is 19.1 Å². The lowest BCUT2D eigenvalue weighted by Gasteiger charge is -2.10. The molecule has 0 unspecified atom stereocenters. The van der Waals surface area contributed by atoms with E-state index in [4.69, 9.17) is 10.00 Å². The first-order chi connectivity index (χ1) is 9.91. The maximum atomic E-state index is 12.8. The molecule has 2 aromatic rings. The van der Waals surface area contributed by atoms with E-state index in [1.54, 1.807) is 12.1 Å². The van der Waals surface area contributed by atoms with Gasteiger partial charge in [0.25, 0.3) is 0 Å². The number of aromatic nitrogens is 3. The first-order valence-electron chi connectivity index (χ1n) is 6.02. The molecular weight excluding hydrogens is 285 g/mol. The predicted molar refractivity (Wildman–Crippen MR) is 66.4 cm³/mol. The fraction of sp³-hybridized carbons (Fsp3) is 0.308. The molecule has 21 heavy (non-hydrogen) atoms. The summed E-state index contributed by atoms with van der Waals surface area (Å²) < 4.78 is 44.5. The molecule has 0 aliphatic heterocycles. The smallest absolute Gasteiger partial charge is 0.436 e. The molecule has 0 radical (unpaired) electrons. The second kappa shape index (κ2) is 5.83. The van der Waals surface area contributed by atoms with Crippen molar-refractivity contribution in [2.75, 3.05) is 6.61 Å². The molecule has 0 saturated heterocycles. The normalized spacial score (nSPS) is 11.2. The summed E-state index contributed by atoms with van der Waals surface area (Å²) >= 11 is 0. The van der Waals surface area contributed by atoms with Gasteiger partial charge < -0.3 is 4.74 Å². The summed E-state index contributed by atoms with van der Waals surface area (Å²) in [5, 5.41) is 15.2. The number of benzene rings is 1. The number of nitrogens with zero attached hydrogens (tertiary/aromatic N) is 4. The van der Waals surface area contributed by atoms with Gasteiger partial charge in [-0.2, -0.15) is 18.4 Å². The van der Waals surface area contributed by atoms with E-state index in [0.29, 0.717) is 10.4 Å². The summed E-state index contributed by atoms with van der Waals surface area (Å²) in [6, 6.07) is 8.50. The van der Waals surface area contributed by atoms with Gasteiger partial charge in [0.2, 0.25) is 0 Å². The molecule has 1 aromatic heterocycles. The van der Waals surface area contributed by atoms with Crippen LogP contribution >= 0.6 is 0 Å². The van der Waals surface area contributed by atoms with Crippen LogP contribution in [0.15, 0.2) is 24.3 Å². The van der Waals surface area contributed by atoms with Gasteiger partial charge in [0.05, 0.1) is 6.54 Å². The molecule has 0 aliphatic rings. The van der Waals surface area contributed by atoms with Crippen LogP contribution in [0.3, 0.4) is 0 Å². The Morgan fingerprint density at radius 3 is 2.52 bits per heavy atom. The molecule has 0 saturated carbocycles. The number of nitriles is 1. The highest BCUT2D eigenvalue weighted by atomic mass is 19.4. The van der Waals surface area contributed by atoms with Gasteiger partial charge in [0.1, 0.15) is 18.4 Å². The predicted octanol–water partition coefficient (Wildman–Crippen LogP) is 2.56. The molecule has 0 N–H and O–H groups in total. The highest BCUT2D eigenvalue weighted by Gasteiger charge is 2.39. The molecule has 0 bridgehead atoms. The molecule has 0 spiro atoms. The van der Waals surface area contributed by atoms with Crippen molar-refractivity contribution in [2.45, 2.75) is 19.6 Å². The van der Waals surface area contributed by atoms with Crippen molar-refractivity contribution < 1.29 is 17.9 Å². The monoisotopic (exact) mass is 296 g/mol. The summed E-state index contributed by atoms with van der Waals surface area (Å²) in [6.07, 6.45) is -4.68. The minimum Gasteiger partial charge on any atom is -0.492 e. The van der Waals surface area contributed by atoms with E-state index >= 15 is 0 Å². The molecule has 0 amide bonds. The maximum Gasteiger partial charge on any atom is 0.436 e. The highest BCUT2D eigenvalue weighted by molar-refractivity contribution is 5.27. The molecular formula is C13H11F3N4O. The van der Waals surface area contributed by atoms with Gasteiger partial charge in [-0.3, -0.25) is 0 Å². The Bertz CT molecular complexity index is 656. The summed E-state index contributed by atoms with van der Waals surface area (Å²) in [6.45, 7) is 1.75. The largest absolute Gasteiger partial charge is 0.492 e. The molecule has 1 heterocycles. The van der Waals surface area contributed by atoms with Crippen LogP contribution in [0.2, 0.25) is 0 Å². The Balaban J connectivity index is 2.06. The molecule has 5 nitrogen and oxygen atoms in total. The molecule has 8 heteroatoms. The molecule has 2 rings (SSSR count). The average molecular weight is 296 g/mol. The van der Waals surface area contributed by atoms with E-state index in [1.165, 1.54) is 6.07 Å². The van der Waals surface area contributed by atoms with Crippen LogP contribution < -0.4 is 4.74 Å². The Morgan fingerprint density at radius 1 is 1.29 bits per heavy atom. The lowest BCUT2D eigenvalue weighted by atomic mass is 10.2. The SMILES string of the molecule is Cc1ccc(OCCn2nnc(C#N)c2C(F)(F)F)cc1. The number of hydrogen-bond donors (Lipinski definition) is 0. The fourth-order valence-electron chi connectivity index (χ4n) is 1.71. The lowest BCUT2D eigenvalue weighted by molar-refractivity contribution is -0.144. The fourth-order valence-corrected chi connectivity index (χ4v) is 1.71. The minimum atomic E-state index is -4.68. The third-order valence-corrected chi connectivity index (χ3v) is 2.70. The zero-order valence-corrected chi connectivity index (χ0v) is 11.1. The number of halogens is 3. The summed E-state index contributed by atoms with van der Waals surface area (Å²) in [5.74, 6) is 0.551. The van der Waals surface area contributed by atoms with Crippen LogP contribution in [0.1, 0.15) is 17.0 Å². The van der Waals surface area contributed by atoms with Crippen molar-refractivity contribution >= 4 is 0 Å². The summed E-state index contributed by atoms with van der Waals surface area (Å²) in [5.41, 5.74) is -0.841. The van der Waals surface area contributed by atoms with Crippen molar-refractivity contribution in [3.63, 3.8) is 0 Å². The number of hydrogen-bond acceptors (Lipinski definition) is 4. The van der Waals surface area contributed by atoms with Gasteiger partial charge in [-0.15, -0.1) is 5.10 Å². The molecule has 0 aliphatic carbocycles. The number of ether oxygens (including phenoxy) is 1. The summed E-state index contributed by atoms with van der Waals surface area (Å²) in [7, 11) is 0. The van der Waals surface area contributed by atoms with Crippen molar-refractivity contribution in [1.29, 1.82) is 5.26 Å². The standard InChI is InChI=1S/C13H11F3N4O/c1-9-2-4-10(5-3-9)21-7-6-20-12(13(14,15)16)11(8-17)18-19-20/h2-5H,6-7H2,1H3. The van der Waals surface area contributed by atoms with Crippen molar-refractivity contribution in [3.8, 4) is 11.8 Å². The van der Waals surface area contributed by atoms with E-state index in [-0.39, 0.29) is 13.2 Å². The minimum absolute atomic E-state index is 0.0135. The van der Waals surface area contributed by atoms with Crippen LogP contribution in [0.25, 0.3) is 0 Å². The lowest BCUT2D eigenvalue weighted by Crippen LogP contribution is -2.19. The Hall–Kier alpha value is -2.56. The van der Waals surface area contributed by atoms with Crippen molar-refractivity contribution in [2.24, 2.45) is 0 Å². The molecule has 1 aromatic carbocycles. The zero-order valence-electron chi connectivity index (χ0n) is 11.1. The molecule has 0 fully saturated rings. The van der Waals surface area contributed by atoms with Crippen molar-refractivity contribution in [1.82, 2.24) is 15.0 Å². The first kappa shape index (κ1) is 14.8. The molecule has 110 valence electrons. The zero-order chi connectivity index (χ0) is 15.5. The maximum absolute atomic E-state index is 12.8. The van der Waals surface area contributed by atoms with Crippen LogP contribution in [-0.2, 0) is 12.7 Å². The second-order valence-corrected chi connectivity index (χ2v) is 4.28. The van der Waals surface area contributed by atoms with Gasteiger partial charge in [0.15, 0.2) is 11.4 Å². The second-order valence-electron chi connectivity index (χ2n) is 4.28. The van der Waals surface area contributed by atoms with E-state index < -0.39 is 17.6 Å². The topological polar surface area (TPSA) is 63.7 Å². The van der Waals surface area contributed by atoms with Gasteiger partial charge in [-0.1, -0.05) is 22.9 Å². The van der Waals surface area contributed by atoms with Crippen LogP contribution in [0.5, 0.6) is 5.75 Å². The quantitative estimate of drug-likeness (QED) is 0.869. The van der Waals surface area contributed by atoms with Gasteiger partial charge in [0, 0.05) is 0 Å². The number of rotatable bonds is 4. The van der Waals surface area contributed by atoms with Crippen molar-refractivity contribution in [3.05, 3.63) is 41.2 Å². The third-order valence-electron chi connectivity index (χ3n) is 2.70. The average Bonchev–Trinajstić information content (AvgIpc) is 2.84. The summed E-state index contributed by atoms with van der Waals surface area (Å²) in [4.78, 5) is 0. The van der Waals surface area contributed by atoms with E-state index in [0.717, 1.165) is 5.56 Å². The highest BCUT2D eigenvalue weighted by Crippen LogP contribution is 2.30. The van der Waals surface area contributed by atoms with E-state index in [2.05, 4.69) is 10.3 Å². The number of aryl methyl sites for hydroxylation is 1. The number of alkyl halides is 3. The Kier molecular flexibility index (Phi) is 4.12. The van der Waals surface area contributed by atoms with Gasteiger partial charge >= 0.3 is 6.18 Å². The Morgan fingerprint density at radius 2 is 1.95 bits per heavy atom. The van der Waals surface area contributed by atoms with E-state index in [9.17, 15) is 13.2 Å². The van der Waals surface area contributed by atoms with Crippen LogP contribution in [-0.4, -0.2) is 21.6 Å². The van der Waals surface area contributed by atoms with Crippen LogP contribution in [0.4, 0.5) is 13.2 Å². The molecule has 0 atom stereocenters. The Labute approximate surface area is 118 Å². The van der Waals surface area contributed by atoms with Crippen LogP contribution in [0, 0.1) is 18.3 Å². The van der Waals surface area contributed by atoms with Gasteiger partial charge in [-0.25, -0.2) is 4.68 Å². The van der Waals surface area contributed by atoms with Gasteiger partial charge in [-0.05, 0) is 19.1 Å².